The van der Waals surface area contributed by atoms with Crippen molar-refractivity contribution in [3.05, 3.63) is 59.4 Å². The van der Waals surface area contributed by atoms with Gasteiger partial charge in [0.1, 0.15) is 5.82 Å². The number of carbonyl (C=O) groups excluding carboxylic acids is 1. The number of hydrogen-bond donors (Lipinski definition) is 2. The van der Waals surface area contributed by atoms with Crippen molar-refractivity contribution in [2.75, 3.05) is 0 Å². The average Bonchev–Trinajstić information content (AvgIpc) is 2.62. The highest BCUT2D eigenvalue weighted by Gasteiger charge is 2.27. The molecule has 2 N–H and O–H groups in total. The molecule has 0 atom stereocenters. The van der Waals surface area contributed by atoms with Gasteiger partial charge in [-0.05, 0) is 55.9 Å². The van der Waals surface area contributed by atoms with Crippen LogP contribution in [-0.2, 0) is 4.79 Å². The topological polar surface area (TPSA) is 66.4 Å². The Kier molecular flexibility index (Phi) is 5.35. The molecule has 26 heavy (non-hydrogen) atoms. The lowest BCUT2D eigenvalue weighted by Gasteiger charge is -2.26. The third-order valence-electron chi connectivity index (χ3n) is 5.01. The maximum absolute atomic E-state index is 14.4. The molecule has 0 radical (unpaired) electrons. The Bertz CT molecular complexity index is 809. The van der Waals surface area contributed by atoms with Crippen molar-refractivity contribution < 1.29 is 19.1 Å². The largest absolute Gasteiger partial charge is 0.481 e. The van der Waals surface area contributed by atoms with Crippen molar-refractivity contribution in [1.82, 2.24) is 5.32 Å². The Morgan fingerprint density at radius 3 is 2.19 bits per heavy atom. The minimum atomic E-state index is -0.785. The molecule has 0 unspecified atom stereocenters. The van der Waals surface area contributed by atoms with Gasteiger partial charge in [-0.25, -0.2) is 4.39 Å². The van der Waals surface area contributed by atoms with E-state index in [4.69, 9.17) is 5.11 Å². The van der Waals surface area contributed by atoms with Gasteiger partial charge in [-0.2, -0.15) is 0 Å². The first kappa shape index (κ1) is 18.1. The summed E-state index contributed by atoms with van der Waals surface area (Å²) in [5, 5.41) is 11.8. The molecule has 0 aliphatic heterocycles. The Morgan fingerprint density at radius 1 is 1.00 bits per heavy atom. The van der Waals surface area contributed by atoms with E-state index in [2.05, 4.69) is 5.32 Å². The number of aliphatic carboxylic acids is 1. The number of carbonyl (C=O) groups is 2. The van der Waals surface area contributed by atoms with E-state index in [-0.39, 0.29) is 17.5 Å². The fourth-order valence-electron chi connectivity index (χ4n) is 3.37. The van der Waals surface area contributed by atoms with Crippen LogP contribution < -0.4 is 5.32 Å². The molecule has 3 rings (SSSR count). The van der Waals surface area contributed by atoms with E-state index >= 15 is 0 Å². The van der Waals surface area contributed by atoms with E-state index in [0.717, 1.165) is 16.7 Å². The highest BCUT2D eigenvalue weighted by atomic mass is 19.1. The number of rotatable bonds is 4. The zero-order valence-corrected chi connectivity index (χ0v) is 14.7. The van der Waals surface area contributed by atoms with Crippen molar-refractivity contribution in [2.45, 2.75) is 38.6 Å². The number of nitrogens with one attached hydrogen (secondary N) is 1. The minimum Gasteiger partial charge on any atom is -0.481 e. The van der Waals surface area contributed by atoms with Gasteiger partial charge in [-0.15, -0.1) is 0 Å². The van der Waals surface area contributed by atoms with Crippen molar-refractivity contribution in [3.63, 3.8) is 0 Å². The van der Waals surface area contributed by atoms with Gasteiger partial charge in [0.15, 0.2) is 0 Å². The molecule has 1 fully saturated rings. The van der Waals surface area contributed by atoms with E-state index in [9.17, 15) is 14.0 Å². The molecule has 0 heterocycles. The molecule has 1 aliphatic carbocycles. The Balaban J connectivity index is 1.67. The van der Waals surface area contributed by atoms with Crippen LogP contribution in [0, 0.1) is 18.7 Å². The van der Waals surface area contributed by atoms with Gasteiger partial charge in [-0.1, -0.05) is 35.9 Å². The number of hydrogen-bond acceptors (Lipinski definition) is 2. The van der Waals surface area contributed by atoms with Gasteiger partial charge < -0.3 is 10.4 Å². The average molecular weight is 355 g/mol. The molecule has 0 saturated heterocycles. The number of benzene rings is 2. The summed E-state index contributed by atoms with van der Waals surface area (Å²) in [6.07, 6.45) is 2.28. The summed E-state index contributed by atoms with van der Waals surface area (Å²) < 4.78 is 14.4. The standard InChI is InChI=1S/C21H22FNO3/c1-13-2-4-14(5-3-13)16-8-11-18(19(22)12-16)20(24)23-17-9-6-15(7-10-17)21(25)26/h2-5,8,11-12,15,17H,6-7,9-10H2,1H3,(H,23,24)(H,25,26). The minimum absolute atomic E-state index is 0.0150. The molecule has 1 saturated carbocycles. The molecule has 136 valence electrons. The second-order valence-corrected chi connectivity index (χ2v) is 6.92. The van der Waals surface area contributed by atoms with Crippen LogP contribution in [0.1, 0.15) is 41.6 Å². The van der Waals surface area contributed by atoms with E-state index in [1.54, 1.807) is 6.07 Å². The van der Waals surface area contributed by atoms with Crippen LogP contribution in [0.25, 0.3) is 11.1 Å². The summed E-state index contributed by atoms with van der Waals surface area (Å²) in [6.45, 7) is 1.99. The van der Waals surface area contributed by atoms with Gasteiger partial charge in [0.2, 0.25) is 0 Å². The van der Waals surface area contributed by atoms with E-state index in [0.29, 0.717) is 25.7 Å². The molecule has 1 amide bonds. The molecule has 0 spiro atoms. The van der Waals surface area contributed by atoms with Gasteiger partial charge in [0, 0.05) is 6.04 Å². The molecule has 0 bridgehead atoms. The van der Waals surface area contributed by atoms with Crippen LogP contribution in [-0.4, -0.2) is 23.0 Å². The Morgan fingerprint density at radius 2 is 1.62 bits per heavy atom. The van der Waals surface area contributed by atoms with Gasteiger partial charge in [0.25, 0.3) is 5.91 Å². The fraction of sp³-hybridized carbons (Fsp3) is 0.333. The predicted molar refractivity (Wildman–Crippen MR) is 97.4 cm³/mol. The molecular formula is C21H22FNO3. The molecule has 5 heteroatoms. The summed E-state index contributed by atoms with van der Waals surface area (Å²) in [4.78, 5) is 23.4. The van der Waals surface area contributed by atoms with Crippen LogP contribution in [0.4, 0.5) is 4.39 Å². The number of amides is 1. The maximum Gasteiger partial charge on any atom is 0.306 e. The first-order valence-corrected chi connectivity index (χ1v) is 8.84. The third-order valence-corrected chi connectivity index (χ3v) is 5.01. The summed E-state index contributed by atoms with van der Waals surface area (Å²) in [6, 6.07) is 12.3. The highest BCUT2D eigenvalue weighted by molar-refractivity contribution is 5.95. The molecular weight excluding hydrogens is 333 g/mol. The molecule has 0 aromatic heterocycles. The number of carboxylic acid groups (broad SMARTS) is 1. The second kappa shape index (κ2) is 7.68. The Labute approximate surface area is 152 Å². The maximum atomic E-state index is 14.4. The van der Waals surface area contributed by atoms with E-state index in [1.165, 1.54) is 12.1 Å². The molecule has 4 nitrogen and oxygen atoms in total. The zero-order chi connectivity index (χ0) is 18.7. The smallest absolute Gasteiger partial charge is 0.306 e. The van der Waals surface area contributed by atoms with Crippen LogP contribution >= 0.6 is 0 Å². The molecule has 2 aromatic carbocycles. The van der Waals surface area contributed by atoms with E-state index in [1.807, 2.05) is 31.2 Å². The summed E-state index contributed by atoms with van der Waals surface area (Å²) >= 11 is 0. The van der Waals surface area contributed by atoms with E-state index < -0.39 is 17.7 Å². The predicted octanol–water partition coefficient (Wildman–Crippen LogP) is 4.17. The second-order valence-electron chi connectivity index (χ2n) is 6.92. The van der Waals surface area contributed by atoms with Crippen LogP contribution in [0.5, 0.6) is 0 Å². The summed E-state index contributed by atoms with van der Waals surface area (Å²) in [5.41, 5.74) is 2.76. The SMILES string of the molecule is Cc1ccc(-c2ccc(C(=O)NC3CCC(C(=O)O)CC3)c(F)c2)cc1. The van der Waals surface area contributed by atoms with Crippen molar-refractivity contribution in [2.24, 2.45) is 5.92 Å². The van der Waals surface area contributed by atoms with Crippen molar-refractivity contribution >= 4 is 11.9 Å². The van der Waals surface area contributed by atoms with Gasteiger partial charge in [-0.3, -0.25) is 9.59 Å². The lowest BCUT2D eigenvalue weighted by atomic mass is 9.86. The number of carboxylic acids is 1. The van der Waals surface area contributed by atoms with Crippen LogP contribution in [0.15, 0.2) is 42.5 Å². The third kappa shape index (κ3) is 4.10. The van der Waals surface area contributed by atoms with Crippen LogP contribution in [0.2, 0.25) is 0 Å². The lowest BCUT2D eigenvalue weighted by Crippen LogP contribution is -2.39. The van der Waals surface area contributed by atoms with Crippen LogP contribution in [0.3, 0.4) is 0 Å². The molecule has 1 aliphatic rings. The van der Waals surface area contributed by atoms with Gasteiger partial charge >= 0.3 is 5.97 Å². The number of aryl methyl sites for hydroxylation is 1. The normalized spacial score (nSPS) is 19.8. The first-order chi connectivity index (χ1) is 12.4. The van der Waals surface area contributed by atoms with Crippen molar-refractivity contribution in [3.8, 4) is 11.1 Å². The lowest BCUT2D eigenvalue weighted by molar-refractivity contribution is -0.142. The van der Waals surface area contributed by atoms with Crippen molar-refractivity contribution in [1.29, 1.82) is 0 Å². The van der Waals surface area contributed by atoms with Gasteiger partial charge in [0.05, 0.1) is 11.5 Å². The molecule has 2 aromatic rings. The summed E-state index contributed by atoms with van der Waals surface area (Å²) in [5.74, 6) is -2.13. The fourth-order valence-corrected chi connectivity index (χ4v) is 3.37. The highest BCUT2D eigenvalue weighted by Crippen LogP contribution is 2.26. The quantitative estimate of drug-likeness (QED) is 0.865. The summed E-state index contributed by atoms with van der Waals surface area (Å²) in [7, 11) is 0. The zero-order valence-electron chi connectivity index (χ0n) is 14.7. The number of halogens is 1. The monoisotopic (exact) mass is 355 g/mol. The Hall–Kier alpha value is -2.69. The first-order valence-electron chi connectivity index (χ1n) is 8.84.